The molecule has 172 valence electrons. The number of carbonyl (C=O) groups is 2. The molecule has 1 heterocycles. The van der Waals surface area contributed by atoms with Crippen molar-refractivity contribution >= 4 is 23.3 Å². The minimum Gasteiger partial charge on any atom is -0.327 e. The zero-order valence-electron chi connectivity index (χ0n) is 19.0. The Kier molecular flexibility index (Phi) is 6.83. The highest BCUT2D eigenvalue weighted by Crippen LogP contribution is 2.36. The molecule has 0 radical (unpaired) electrons. The van der Waals surface area contributed by atoms with Crippen molar-refractivity contribution in [3.63, 3.8) is 0 Å². The molecule has 0 atom stereocenters. The number of anilines is 2. The number of benzene rings is 2. The van der Waals surface area contributed by atoms with Gasteiger partial charge in [0.1, 0.15) is 6.07 Å². The van der Waals surface area contributed by atoms with Crippen LogP contribution in [0.15, 0.2) is 60.8 Å². The van der Waals surface area contributed by atoms with Crippen molar-refractivity contribution in [2.45, 2.75) is 44.6 Å². The summed E-state index contributed by atoms with van der Waals surface area (Å²) >= 11 is 0. The maximum atomic E-state index is 12.9. The van der Waals surface area contributed by atoms with E-state index in [0.29, 0.717) is 11.4 Å². The Balaban J connectivity index is 1.45. The van der Waals surface area contributed by atoms with Crippen LogP contribution in [0.25, 0.3) is 11.1 Å². The lowest BCUT2D eigenvalue weighted by atomic mass is 9.79. The fourth-order valence-corrected chi connectivity index (χ4v) is 4.35. The molecule has 3 amide bonds. The SMILES string of the molecule is CC(=O)Nc1ccc(-c2ccc(NC(=O)NC3(c4ccnc(C#N)n4)CCCCC3)cc2)cc1. The van der Waals surface area contributed by atoms with E-state index in [0.717, 1.165) is 48.9 Å². The van der Waals surface area contributed by atoms with E-state index in [1.54, 1.807) is 12.3 Å². The molecule has 1 aromatic heterocycles. The normalized spacial score (nSPS) is 14.5. The molecule has 3 N–H and O–H groups in total. The fraction of sp³-hybridized carbons (Fsp3) is 0.269. The molecule has 0 bridgehead atoms. The Morgan fingerprint density at radius 2 is 1.47 bits per heavy atom. The largest absolute Gasteiger partial charge is 0.327 e. The number of nitrogens with zero attached hydrogens (tertiary/aromatic N) is 3. The molecular weight excluding hydrogens is 428 g/mol. The number of hydrogen-bond donors (Lipinski definition) is 3. The van der Waals surface area contributed by atoms with Crippen LogP contribution in [0, 0.1) is 11.3 Å². The van der Waals surface area contributed by atoms with Gasteiger partial charge in [0.2, 0.25) is 11.7 Å². The van der Waals surface area contributed by atoms with Gasteiger partial charge in [0.15, 0.2) is 0 Å². The maximum Gasteiger partial charge on any atom is 0.319 e. The van der Waals surface area contributed by atoms with Gasteiger partial charge in [-0.15, -0.1) is 0 Å². The van der Waals surface area contributed by atoms with Crippen molar-refractivity contribution in [1.82, 2.24) is 15.3 Å². The van der Waals surface area contributed by atoms with Gasteiger partial charge in [-0.25, -0.2) is 14.8 Å². The topological polar surface area (TPSA) is 120 Å². The first-order valence-corrected chi connectivity index (χ1v) is 11.3. The first-order chi connectivity index (χ1) is 16.5. The van der Waals surface area contributed by atoms with E-state index < -0.39 is 5.54 Å². The molecule has 8 nitrogen and oxygen atoms in total. The summed E-state index contributed by atoms with van der Waals surface area (Å²) in [5, 5.41) is 18.0. The highest BCUT2D eigenvalue weighted by molar-refractivity contribution is 5.90. The molecule has 2 aromatic carbocycles. The molecular formula is C26H26N6O2. The van der Waals surface area contributed by atoms with Crippen LogP contribution in [0.5, 0.6) is 0 Å². The van der Waals surface area contributed by atoms with E-state index >= 15 is 0 Å². The van der Waals surface area contributed by atoms with E-state index in [1.165, 1.54) is 6.92 Å². The Morgan fingerprint density at radius 3 is 2.03 bits per heavy atom. The molecule has 1 fully saturated rings. The average molecular weight is 455 g/mol. The van der Waals surface area contributed by atoms with Gasteiger partial charge in [-0.1, -0.05) is 43.5 Å². The quantitative estimate of drug-likeness (QED) is 0.504. The van der Waals surface area contributed by atoms with Crippen molar-refractivity contribution < 1.29 is 9.59 Å². The monoisotopic (exact) mass is 454 g/mol. The second kappa shape index (κ2) is 10.1. The minimum atomic E-state index is -0.619. The van der Waals surface area contributed by atoms with E-state index in [9.17, 15) is 14.9 Å². The Bertz CT molecular complexity index is 1210. The molecule has 1 aliphatic rings. The van der Waals surface area contributed by atoms with Crippen molar-refractivity contribution in [2.75, 3.05) is 10.6 Å². The third-order valence-electron chi connectivity index (χ3n) is 5.99. The van der Waals surface area contributed by atoms with E-state index in [1.807, 2.05) is 54.6 Å². The Labute approximate surface area is 198 Å². The van der Waals surface area contributed by atoms with Crippen LogP contribution in [0.2, 0.25) is 0 Å². The number of nitriles is 1. The van der Waals surface area contributed by atoms with E-state index in [-0.39, 0.29) is 17.8 Å². The standard InChI is InChI=1S/C26H26N6O2/c1-18(33)29-21-9-5-19(6-10-21)20-7-11-22(12-8-20)30-25(34)32-26(14-3-2-4-15-26)23-13-16-28-24(17-27)31-23/h5-13,16H,2-4,14-15H2,1H3,(H,29,33)(H2,30,32,34). The Hall–Kier alpha value is -4.25. The van der Waals surface area contributed by atoms with Crippen LogP contribution in [0.3, 0.4) is 0 Å². The lowest BCUT2D eigenvalue weighted by Crippen LogP contribution is -2.49. The number of carbonyl (C=O) groups excluding carboxylic acids is 2. The Morgan fingerprint density at radius 1 is 0.882 bits per heavy atom. The lowest BCUT2D eigenvalue weighted by Gasteiger charge is -2.37. The number of hydrogen-bond acceptors (Lipinski definition) is 5. The minimum absolute atomic E-state index is 0.102. The van der Waals surface area contributed by atoms with Gasteiger partial charge in [0, 0.05) is 24.5 Å². The van der Waals surface area contributed by atoms with Crippen LogP contribution in [0.1, 0.15) is 50.5 Å². The number of aromatic nitrogens is 2. The highest BCUT2D eigenvalue weighted by Gasteiger charge is 2.37. The predicted molar refractivity (Wildman–Crippen MR) is 130 cm³/mol. The van der Waals surface area contributed by atoms with Gasteiger partial charge < -0.3 is 16.0 Å². The van der Waals surface area contributed by atoms with Crippen molar-refractivity contribution in [3.8, 4) is 17.2 Å². The second-order valence-electron chi connectivity index (χ2n) is 8.44. The molecule has 1 saturated carbocycles. The molecule has 0 unspecified atom stereocenters. The summed E-state index contributed by atoms with van der Waals surface area (Å²) in [4.78, 5) is 32.4. The summed E-state index contributed by atoms with van der Waals surface area (Å²) in [6.45, 7) is 1.48. The van der Waals surface area contributed by atoms with Crippen LogP contribution < -0.4 is 16.0 Å². The summed E-state index contributed by atoms with van der Waals surface area (Å²) in [6.07, 6.45) is 6.14. The fourth-order valence-electron chi connectivity index (χ4n) is 4.35. The highest BCUT2D eigenvalue weighted by atomic mass is 16.2. The summed E-state index contributed by atoms with van der Waals surface area (Å²) in [7, 11) is 0. The third kappa shape index (κ3) is 5.38. The third-order valence-corrected chi connectivity index (χ3v) is 5.99. The molecule has 3 aromatic rings. The summed E-state index contributed by atoms with van der Waals surface area (Å²) < 4.78 is 0. The van der Waals surface area contributed by atoms with Crippen LogP contribution >= 0.6 is 0 Å². The van der Waals surface area contributed by atoms with Gasteiger partial charge in [-0.05, 0) is 54.3 Å². The van der Waals surface area contributed by atoms with Crippen LogP contribution in [0.4, 0.5) is 16.2 Å². The molecule has 0 aliphatic heterocycles. The molecule has 8 heteroatoms. The molecule has 4 rings (SSSR count). The zero-order chi connectivity index (χ0) is 24.0. The summed E-state index contributed by atoms with van der Waals surface area (Å²) in [6, 6.07) is 18.6. The van der Waals surface area contributed by atoms with Crippen molar-refractivity contribution in [1.29, 1.82) is 5.26 Å². The lowest BCUT2D eigenvalue weighted by molar-refractivity contribution is -0.114. The smallest absolute Gasteiger partial charge is 0.319 e. The van der Waals surface area contributed by atoms with Crippen molar-refractivity contribution in [3.05, 3.63) is 72.3 Å². The maximum absolute atomic E-state index is 12.9. The zero-order valence-corrected chi connectivity index (χ0v) is 19.0. The van der Waals surface area contributed by atoms with E-state index in [2.05, 4.69) is 25.9 Å². The van der Waals surface area contributed by atoms with Gasteiger partial charge >= 0.3 is 6.03 Å². The van der Waals surface area contributed by atoms with Gasteiger partial charge in [0.05, 0.1) is 11.2 Å². The van der Waals surface area contributed by atoms with Crippen LogP contribution in [-0.4, -0.2) is 21.9 Å². The first-order valence-electron chi connectivity index (χ1n) is 11.3. The molecule has 1 aliphatic carbocycles. The summed E-state index contributed by atoms with van der Waals surface area (Å²) in [5.41, 5.74) is 3.47. The predicted octanol–water partition coefficient (Wildman–Crippen LogP) is 4.95. The molecule has 34 heavy (non-hydrogen) atoms. The van der Waals surface area contributed by atoms with Crippen LogP contribution in [-0.2, 0) is 10.3 Å². The number of amides is 3. The van der Waals surface area contributed by atoms with Gasteiger partial charge in [-0.2, -0.15) is 5.26 Å². The number of rotatable bonds is 5. The van der Waals surface area contributed by atoms with Gasteiger partial charge in [-0.3, -0.25) is 4.79 Å². The van der Waals surface area contributed by atoms with Crippen molar-refractivity contribution in [2.24, 2.45) is 0 Å². The first kappa shape index (κ1) is 22.9. The average Bonchev–Trinajstić information content (AvgIpc) is 2.85. The van der Waals surface area contributed by atoms with Gasteiger partial charge in [0.25, 0.3) is 0 Å². The van der Waals surface area contributed by atoms with E-state index in [4.69, 9.17) is 0 Å². The summed E-state index contributed by atoms with van der Waals surface area (Å²) in [5.74, 6) is -0.00738. The second-order valence-corrected chi connectivity index (χ2v) is 8.44. The molecule has 0 spiro atoms. The number of nitrogens with one attached hydrogen (secondary N) is 3. The number of urea groups is 1. The molecule has 0 saturated heterocycles.